The minimum absolute atomic E-state index is 0.140. The van der Waals surface area contributed by atoms with Crippen LogP contribution < -0.4 is 15.4 Å². The largest absolute Gasteiger partial charge is 0.573 e. The van der Waals surface area contributed by atoms with Gasteiger partial charge in [0.2, 0.25) is 5.95 Å². The number of halogens is 3. The lowest BCUT2D eigenvalue weighted by atomic mass is 10.3. The number of morpholine rings is 1. The summed E-state index contributed by atoms with van der Waals surface area (Å²) >= 11 is 0. The lowest BCUT2D eigenvalue weighted by Gasteiger charge is -2.26. The molecule has 1 aliphatic heterocycles. The fourth-order valence-corrected chi connectivity index (χ4v) is 3.68. The first kappa shape index (κ1) is 24.0. The van der Waals surface area contributed by atoms with Gasteiger partial charge in [-0.15, -0.1) is 13.2 Å². The predicted octanol–water partition coefficient (Wildman–Crippen LogP) is 4.18. The third-order valence-electron chi connectivity index (χ3n) is 5.37. The molecule has 184 valence electrons. The summed E-state index contributed by atoms with van der Waals surface area (Å²) < 4.78 is 48.5. The summed E-state index contributed by atoms with van der Waals surface area (Å²) in [7, 11) is 0. The molecular weight excluding hydrogens is 451 g/mol. The molecule has 0 spiro atoms. The Labute approximate surface area is 195 Å². The Bertz CT molecular complexity index is 1080. The fraction of sp³-hybridized carbons (Fsp3) is 0.500. The number of imidazole rings is 1. The van der Waals surface area contributed by atoms with Crippen molar-refractivity contribution in [1.82, 2.24) is 24.4 Å². The predicted molar refractivity (Wildman–Crippen MR) is 122 cm³/mol. The summed E-state index contributed by atoms with van der Waals surface area (Å²) in [6.45, 7) is 9.16. The molecule has 3 aromatic rings. The van der Waals surface area contributed by atoms with Gasteiger partial charge in [-0.25, -0.2) is 4.98 Å². The first-order valence-electron chi connectivity index (χ1n) is 11.2. The summed E-state index contributed by atoms with van der Waals surface area (Å²) in [5, 5.41) is 6.43. The lowest BCUT2D eigenvalue weighted by molar-refractivity contribution is -0.274. The Morgan fingerprint density at radius 1 is 1.12 bits per heavy atom. The molecule has 0 amide bonds. The number of hydrogen-bond donors (Lipinski definition) is 2. The smallest absolute Gasteiger partial charge is 0.406 e. The molecule has 0 aliphatic carbocycles. The van der Waals surface area contributed by atoms with Gasteiger partial charge >= 0.3 is 6.36 Å². The van der Waals surface area contributed by atoms with Gasteiger partial charge in [-0.2, -0.15) is 9.97 Å². The number of fused-ring (bicyclic) bond motifs is 1. The van der Waals surface area contributed by atoms with E-state index in [1.807, 2.05) is 18.4 Å². The fourth-order valence-electron chi connectivity index (χ4n) is 3.68. The zero-order chi connectivity index (χ0) is 24.1. The minimum atomic E-state index is -4.74. The van der Waals surface area contributed by atoms with Gasteiger partial charge < -0.3 is 24.7 Å². The van der Waals surface area contributed by atoms with Crippen LogP contribution in [0, 0.1) is 0 Å². The number of aromatic nitrogens is 4. The maximum atomic E-state index is 12.4. The van der Waals surface area contributed by atoms with E-state index in [1.54, 1.807) is 6.33 Å². The van der Waals surface area contributed by atoms with Crippen molar-refractivity contribution in [2.75, 3.05) is 50.0 Å². The highest BCUT2D eigenvalue weighted by molar-refractivity contribution is 5.84. The molecule has 4 rings (SSSR count). The molecule has 3 heterocycles. The van der Waals surface area contributed by atoms with Crippen molar-refractivity contribution < 1.29 is 22.6 Å². The van der Waals surface area contributed by atoms with E-state index in [1.165, 1.54) is 24.3 Å². The molecule has 34 heavy (non-hydrogen) atoms. The number of ether oxygens (including phenoxy) is 2. The Morgan fingerprint density at radius 2 is 1.85 bits per heavy atom. The summed E-state index contributed by atoms with van der Waals surface area (Å²) in [5.41, 5.74) is 1.86. The standard InChI is InChI=1S/C22H28F3N7O2/c1-15(2)32-14-27-18-19(26-8-3-9-31-10-12-33-13-11-31)29-21(30-20(18)32)28-16-4-6-17(7-5-16)34-22(23,24)25/h4-7,14-15H,3,8-13H2,1-2H3,(H2,26,28,29,30). The second-order valence-electron chi connectivity index (χ2n) is 8.25. The number of rotatable bonds is 9. The third kappa shape index (κ3) is 6.26. The summed E-state index contributed by atoms with van der Waals surface area (Å²) in [6.07, 6.45) is -2.07. The average molecular weight is 480 g/mol. The molecule has 0 saturated carbocycles. The van der Waals surface area contributed by atoms with Gasteiger partial charge in [-0.3, -0.25) is 4.90 Å². The van der Waals surface area contributed by atoms with E-state index in [0.29, 0.717) is 35.2 Å². The molecule has 0 radical (unpaired) electrons. The van der Waals surface area contributed by atoms with Crippen molar-refractivity contribution in [3.8, 4) is 5.75 Å². The van der Waals surface area contributed by atoms with Crippen LogP contribution in [0.1, 0.15) is 26.3 Å². The van der Waals surface area contributed by atoms with Gasteiger partial charge in [-0.05, 0) is 51.1 Å². The van der Waals surface area contributed by atoms with E-state index < -0.39 is 6.36 Å². The van der Waals surface area contributed by atoms with Crippen molar-refractivity contribution >= 4 is 28.6 Å². The maximum Gasteiger partial charge on any atom is 0.573 e. The molecule has 1 aromatic carbocycles. The Kier molecular flexibility index (Phi) is 7.37. The molecular formula is C22H28F3N7O2. The van der Waals surface area contributed by atoms with Crippen LogP contribution in [0.25, 0.3) is 11.2 Å². The highest BCUT2D eigenvalue weighted by Crippen LogP contribution is 2.27. The van der Waals surface area contributed by atoms with Crippen LogP contribution in [-0.2, 0) is 4.74 Å². The van der Waals surface area contributed by atoms with Gasteiger partial charge in [0.1, 0.15) is 5.75 Å². The highest BCUT2D eigenvalue weighted by Gasteiger charge is 2.31. The molecule has 2 N–H and O–H groups in total. The summed E-state index contributed by atoms with van der Waals surface area (Å²) in [6, 6.07) is 5.56. The molecule has 0 unspecified atom stereocenters. The molecule has 9 nitrogen and oxygen atoms in total. The number of alkyl halides is 3. The molecule has 2 aromatic heterocycles. The monoisotopic (exact) mass is 479 g/mol. The maximum absolute atomic E-state index is 12.4. The third-order valence-corrected chi connectivity index (χ3v) is 5.37. The van der Waals surface area contributed by atoms with Gasteiger partial charge in [0.15, 0.2) is 17.0 Å². The van der Waals surface area contributed by atoms with Crippen LogP contribution in [0.3, 0.4) is 0 Å². The number of nitrogens with one attached hydrogen (secondary N) is 2. The van der Waals surface area contributed by atoms with Crippen LogP contribution >= 0.6 is 0 Å². The van der Waals surface area contributed by atoms with Gasteiger partial charge in [0.25, 0.3) is 0 Å². The van der Waals surface area contributed by atoms with E-state index in [2.05, 4.69) is 35.2 Å². The normalized spacial score (nSPS) is 15.1. The van der Waals surface area contributed by atoms with E-state index in [0.717, 1.165) is 39.3 Å². The van der Waals surface area contributed by atoms with Gasteiger partial charge in [-0.1, -0.05) is 0 Å². The molecule has 12 heteroatoms. The summed E-state index contributed by atoms with van der Waals surface area (Å²) in [4.78, 5) is 16.1. The Balaban J connectivity index is 1.49. The molecule has 1 fully saturated rings. The van der Waals surface area contributed by atoms with Crippen molar-refractivity contribution in [3.63, 3.8) is 0 Å². The van der Waals surface area contributed by atoms with Crippen molar-refractivity contribution in [1.29, 1.82) is 0 Å². The average Bonchev–Trinajstić information content (AvgIpc) is 3.22. The van der Waals surface area contributed by atoms with E-state index in [-0.39, 0.29) is 11.8 Å². The quantitative estimate of drug-likeness (QED) is 0.442. The zero-order valence-electron chi connectivity index (χ0n) is 19.1. The first-order chi connectivity index (χ1) is 16.3. The molecule has 0 atom stereocenters. The van der Waals surface area contributed by atoms with Crippen LogP contribution in [0.15, 0.2) is 30.6 Å². The molecule has 1 saturated heterocycles. The highest BCUT2D eigenvalue weighted by atomic mass is 19.4. The van der Waals surface area contributed by atoms with Crippen LogP contribution in [0.4, 0.5) is 30.6 Å². The van der Waals surface area contributed by atoms with Crippen LogP contribution in [0.2, 0.25) is 0 Å². The van der Waals surface area contributed by atoms with Crippen LogP contribution in [0.5, 0.6) is 5.75 Å². The second kappa shape index (κ2) is 10.4. The number of hydrogen-bond acceptors (Lipinski definition) is 8. The Morgan fingerprint density at radius 3 is 2.53 bits per heavy atom. The SMILES string of the molecule is CC(C)n1cnc2c(NCCCN3CCOCC3)nc(Nc3ccc(OC(F)(F)F)cc3)nc21. The number of anilines is 3. The van der Waals surface area contributed by atoms with Crippen molar-refractivity contribution in [2.24, 2.45) is 0 Å². The van der Waals surface area contributed by atoms with Crippen molar-refractivity contribution in [2.45, 2.75) is 32.7 Å². The lowest BCUT2D eigenvalue weighted by Crippen LogP contribution is -2.37. The molecule has 1 aliphatic rings. The van der Waals surface area contributed by atoms with E-state index in [4.69, 9.17) is 4.74 Å². The number of nitrogens with zero attached hydrogens (tertiary/aromatic N) is 5. The first-order valence-corrected chi connectivity index (χ1v) is 11.2. The van der Waals surface area contributed by atoms with Crippen molar-refractivity contribution in [3.05, 3.63) is 30.6 Å². The topological polar surface area (TPSA) is 89.4 Å². The van der Waals surface area contributed by atoms with E-state index >= 15 is 0 Å². The molecule has 0 bridgehead atoms. The zero-order valence-corrected chi connectivity index (χ0v) is 19.1. The minimum Gasteiger partial charge on any atom is -0.406 e. The Hall–Kier alpha value is -3.12. The van der Waals surface area contributed by atoms with Gasteiger partial charge in [0, 0.05) is 31.4 Å². The number of benzene rings is 1. The van der Waals surface area contributed by atoms with E-state index in [9.17, 15) is 13.2 Å². The second-order valence-corrected chi connectivity index (χ2v) is 8.25. The van der Waals surface area contributed by atoms with Gasteiger partial charge in [0.05, 0.1) is 19.5 Å². The van der Waals surface area contributed by atoms with Crippen LogP contribution in [-0.4, -0.2) is 70.2 Å². The summed E-state index contributed by atoms with van der Waals surface area (Å²) in [5.74, 6) is 0.621.